The Kier molecular flexibility index (Phi) is 5.14. The standard InChI is InChI=1S/C14H19N3O2.ClH/c1-4-7-14(3,15)13(18)17-10-5-6-12-11(8-10)16-9(2)19-12;/h5-6,8H,4,7,15H2,1-3H3,(H,17,18);1H. The largest absolute Gasteiger partial charge is 0.441 e. The molecule has 1 aromatic carbocycles. The van der Waals surface area contributed by atoms with Crippen LogP contribution < -0.4 is 11.1 Å². The number of hydrogen-bond acceptors (Lipinski definition) is 4. The number of oxazole rings is 1. The Morgan fingerprint density at radius 2 is 2.20 bits per heavy atom. The molecule has 1 aromatic heterocycles. The van der Waals surface area contributed by atoms with E-state index < -0.39 is 5.54 Å². The predicted molar refractivity (Wildman–Crippen MR) is 82.1 cm³/mol. The Balaban J connectivity index is 0.00000200. The van der Waals surface area contributed by atoms with Gasteiger partial charge in [-0.2, -0.15) is 0 Å². The summed E-state index contributed by atoms with van der Waals surface area (Å²) < 4.78 is 5.39. The van der Waals surface area contributed by atoms with E-state index in [1.807, 2.05) is 6.92 Å². The fraction of sp³-hybridized carbons (Fsp3) is 0.429. The fourth-order valence-electron chi connectivity index (χ4n) is 2.03. The zero-order chi connectivity index (χ0) is 14.0. The molecule has 0 aliphatic heterocycles. The van der Waals surface area contributed by atoms with Gasteiger partial charge in [0.05, 0.1) is 5.54 Å². The van der Waals surface area contributed by atoms with Gasteiger partial charge in [0.1, 0.15) is 5.52 Å². The van der Waals surface area contributed by atoms with Gasteiger partial charge >= 0.3 is 0 Å². The van der Waals surface area contributed by atoms with Crippen molar-refractivity contribution in [2.75, 3.05) is 5.32 Å². The van der Waals surface area contributed by atoms with Gasteiger partial charge in [-0.25, -0.2) is 4.98 Å². The Bertz CT molecular complexity index is 607. The van der Waals surface area contributed by atoms with Crippen LogP contribution in [0.5, 0.6) is 0 Å². The average Bonchev–Trinajstić information content (AvgIpc) is 2.68. The first-order valence-electron chi connectivity index (χ1n) is 6.40. The van der Waals surface area contributed by atoms with E-state index in [0.29, 0.717) is 23.6 Å². The third-order valence-electron chi connectivity index (χ3n) is 3.04. The van der Waals surface area contributed by atoms with Crippen LogP contribution in [0.15, 0.2) is 22.6 Å². The number of carbonyl (C=O) groups excluding carboxylic acids is 1. The molecule has 2 rings (SSSR count). The van der Waals surface area contributed by atoms with Crippen molar-refractivity contribution in [3.8, 4) is 0 Å². The molecule has 0 bridgehead atoms. The minimum atomic E-state index is -0.858. The third-order valence-corrected chi connectivity index (χ3v) is 3.04. The summed E-state index contributed by atoms with van der Waals surface area (Å²) in [5.41, 5.74) is 7.25. The monoisotopic (exact) mass is 297 g/mol. The van der Waals surface area contributed by atoms with Gasteiger partial charge in [0.2, 0.25) is 5.91 Å². The molecule has 0 aliphatic carbocycles. The highest BCUT2D eigenvalue weighted by atomic mass is 35.5. The van der Waals surface area contributed by atoms with Crippen LogP contribution in [-0.4, -0.2) is 16.4 Å². The molecule has 20 heavy (non-hydrogen) atoms. The molecule has 0 spiro atoms. The van der Waals surface area contributed by atoms with Crippen molar-refractivity contribution in [3.63, 3.8) is 0 Å². The van der Waals surface area contributed by atoms with Crippen molar-refractivity contribution < 1.29 is 9.21 Å². The fourth-order valence-corrected chi connectivity index (χ4v) is 2.03. The Morgan fingerprint density at radius 3 is 2.85 bits per heavy atom. The summed E-state index contributed by atoms with van der Waals surface area (Å²) in [7, 11) is 0. The van der Waals surface area contributed by atoms with E-state index >= 15 is 0 Å². The third kappa shape index (κ3) is 3.49. The molecule has 0 radical (unpaired) electrons. The number of amides is 1. The van der Waals surface area contributed by atoms with Crippen LogP contribution >= 0.6 is 12.4 Å². The summed E-state index contributed by atoms with van der Waals surface area (Å²) in [6.45, 7) is 5.53. The zero-order valence-corrected chi connectivity index (χ0v) is 12.7. The first kappa shape index (κ1) is 16.5. The molecule has 6 heteroatoms. The second-order valence-electron chi connectivity index (χ2n) is 5.04. The molecular weight excluding hydrogens is 278 g/mol. The lowest BCUT2D eigenvalue weighted by molar-refractivity contribution is -0.120. The van der Waals surface area contributed by atoms with E-state index in [1.54, 1.807) is 32.0 Å². The summed E-state index contributed by atoms with van der Waals surface area (Å²) in [6.07, 6.45) is 1.51. The van der Waals surface area contributed by atoms with Crippen molar-refractivity contribution in [2.45, 2.75) is 39.2 Å². The number of carbonyl (C=O) groups is 1. The van der Waals surface area contributed by atoms with Crippen molar-refractivity contribution >= 4 is 35.1 Å². The van der Waals surface area contributed by atoms with Crippen molar-refractivity contribution in [1.29, 1.82) is 0 Å². The topological polar surface area (TPSA) is 81.2 Å². The summed E-state index contributed by atoms with van der Waals surface area (Å²) in [6, 6.07) is 5.36. The Labute approximate surface area is 124 Å². The lowest BCUT2D eigenvalue weighted by atomic mass is 9.96. The number of benzene rings is 1. The van der Waals surface area contributed by atoms with Gasteiger partial charge in [-0.1, -0.05) is 13.3 Å². The van der Waals surface area contributed by atoms with E-state index in [2.05, 4.69) is 10.3 Å². The molecule has 0 fully saturated rings. The van der Waals surface area contributed by atoms with Gasteiger partial charge in [-0.3, -0.25) is 4.79 Å². The number of aromatic nitrogens is 1. The lowest BCUT2D eigenvalue weighted by Crippen LogP contribution is -2.48. The quantitative estimate of drug-likeness (QED) is 0.909. The summed E-state index contributed by atoms with van der Waals surface area (Å²) in [4.78, 5) is 16.3. The molecule has 1 heterocycles. The molecule has 0 saturated carbocycles. The Morgan fingerprint density at radius 1 is 1.50 bits per heavy atom. The second kappa shape index (κ2) is 6.24. The maximum Gasteiger partial charge on any atom is 0.244 e. The number of aryl methyl sites for hydroxylation is 1. The maximum atomic E-state index is 12.1. The van der Waals surface area contributed by atoms with E-state index in [1.165, 1.54) is 0 Å². The van der Waals surface area contributed by atoms with E-state index in [0.717, 1.165) is 11.9 Å². The van der Waals surface area contributed by atoms with Crippen LogP contribution in [0.3, 0.4) is 0 Å². The number of nitrogens with one attached hydrogen (secondary N) is 1. The number of nitrogens with zero attached hydrogens (tertiary/aromatic N) is 1. The molecule has 5 nitrogen and oxygen atoms in total. The number of anilines is 1. The maximum absolute atomic E-state index is 12.1. The summed E-state index contributed by atoms with van der Waals surface area (Å²) >= 11 is 0. The van der Waals surface area contributed by atoms with Crippen LogP contribution in [0, 0.1) is 6.92 Å². The first-order chi connectivity index (χ1) is 8.92. The van der Waals surface area contributed by atoms with Crippen LogP contribution in [0.25, 0.3) is 11.1 Å². The van der Waals surface area contributed by atoms with Crippen molar-refractivity contribution in [3.05, 3.63) is 24.1 Å². The summed E-state index contributed by atoms with van der Waals surface area (Å²) in [5.74, 6) is 0.419. The molecule has 1 unspecified atom stereocenters. The smallest absolute Gasteiger partial charge is 0.244 e. The Hall–Kier alpha value is -1.59. The number of fused-ring (bicyclic) bond motifs is 1. The number of halogens is 1. The van der Waals surface area contributed by atoms with Crippen LogP contribution in [-0.2, 0) is 4.79 Å². The SMILES string of the molecule is CCCC(C)(N)C(=O)Nc1ccc2oc(C)nc2c1.Cl. The van der Waals surface area contributed by atoms with E-state index in [9.17, 15) is 4.79 Å². The van der Waals surface area contributed by atoms with Crippen LogP contribution in [0.4, 0.5) is 5.69 Å². The van der Waals surface area contributed by atoms with Gasteiger partial charge in [0, 0.05) is 12.6 Å². The number of hydrogen-bond donors (Lipinski definition) is 2. The first-order valence-corrected chi connectivity index (χ1v) is 6.40. The lowest BCUT2D eigenvalue weighted by Gasteiger charge is -2.22. The molecule has 0 saturated heterocycles. The summed E-state index contributed by atoms with van der Waals surface area (Å²) in [5, 5.41) is 2.82. The van der Waals surface area contributed by atoms with E-state index in [-0.39, 0.29) is 18.3 Å². The van der Waals surface area contributed by atoms with E-state index in [4.69, 9.17) is 10.2 Å². The van der Waals surface area contributed by atoms with Gasteiger partial charge in [0.25, 0.3) is 0 Å². The predicted octanol–water partition coefficient (Wildman–Crippen LogP) is 3.01. The normalized spacial score (nSPS) is 13.6. The average molecular weight is 298 g/mol. The highest BCUT2D eigenvalue weighted by molar-refractivity contribution is 5.98. The molecule has 1 amide bonds. The van der Waals surface area contributed by atoms with Gasteiger partial charge in [-0.15, -0.1) is 12.4 Å². The molecule has 2 aromatic rings. The van der Waals surface area contributed by atoms with Crippen LogP contribution in [0.2, 0.25) is 0 Å². The van der Waals surface area contributed by atoms with Gasteiger partial charge < -0.3 is 15.5 Å². The molecule has 0 aliphatic rings. The number of rotatable bonds is 4. The van der Waals surface area contributed by atoms with Crippen LogP contribution in [0.1, 0.15) is 32.6 Å². The molecule has 3 N–H and O–H groups in total. The van der Waals surface area contributed by atoms with Crippen molar-refractivity contribution in [2.24, 2.45) is 5.73 Å². The molecular formula is C14H20ClN3O2. The second-order valence-corrected chi connectivity index (χ2v) is 5.04. The molecule has 1 atom stereocenters. The highest BCUT2D eigenvalue weighted by Gasteiger charge is 2.27. The number of nitrogens with two attached hydrogens (primary N) is 1. The van der Waals surface area contributed by atoms with Gasteiger partial charge in [0.15, 0.2) is 11.5 Å². The van der Waals surface area contributed by atoms with Gasteiger partial charge in [-0.05, 0) is 31.5 Å². The van der Waals surface area contributed by atoms with Crippen molar-refractivity contribution in [1.82, 2.24) is 4.98 Å². The minimum absolute atomic E-state index is 0. The zero-order valence-electron chi connectivity index (χ0n) is 11.9. The minimum Gasteiger partial charge on any atom is -0.441 e. The highest BCUT2D eigenvalue weighted by Crippen LogP contribution is 2.21. The molecule has 110 valence electrons.